The minimum absolute atomic E-state index is 0.240. The number of likely N-dealkylation sites (N-methyl/N-ethyl adjacent to an activating group) is 1. The maximum Gasteiger partial charge on any atom is 0.130 e. The molecule has 2 aromatic rings. The molecular formula is C14H18F2N4. The normalized spacial score (nSPS) is 12.9. The Balaban J connectivity index is 2.21. The number of benzene rings is 1. The van der Waals surface area contributed by atoms with Gasteiger partial charge in [-0.05, 0) is 13.1 Å². The van der Waals surface area contributed by atoms with Crippen LogP contribution in [0.4, 0.5) is 8.78 Å². The van der Waals surface area contributed by atoms with E-state index in [0.717, 1.165) is 11.9 Å². The molecule has 1 aromatic carbocycles. The lowest BCUT2D eigenvalue weighted by Gasteiger charge is -2.27. The fourth-order valence-corrected chi connectivity index (χ4v) is 2.20. The molecule has 108 valence electrons. The van der Waals surface area contributed by atoms with Gasteiger partial charge in [0.1, 0.15) is 17.5 Å². The monoisotopic (exact) mass is 280 g/mol. The number of aromatic nitrogens is 2. The van der Waals surface area contributed by atoms with Gasteiger partial charge in [0.05, 0.1) is 12.6 Å². The molecule has 0 amide bonds. The molecule has 20 heavy (non-hydrogen) atoms. The fourth-order valence-electron chi connectivity index (χ4n) is 2.20. The summed E-state index contributed by atoms with van der Waals surface area (Å²) in [5.74, 6) is -0.311. The molecule has 0 bridgehead atoms. The van der Waals surface area contributed by atoms with Crippen molar-refractivity contribution in [2.24, 2.45) is 12.8 Å². The van der Waals surface area contributed by atoms with Crippen LogP contribution in [0, 0.1) is 11.6 Å². The van der Waals surface area contributed by atoms with Crippen LogP contribution in [0.3, 0.4) is 0 Å². The summed E-state index contributed by atoms with van der Waals surface area (Å²) in [6, 6.07) is 3.24. The summed E-state index contributed by atoms with van der Waals surface area (Å²) in [5.41, 5.74) is 6.14. The quantitative estimate of drug-likeness (QED) is 0.909. The second-order valence-corrected chi connectivity index (χ2v) is 4.79. The number of imidazole rings is 1. The Morgan fingerprint density at radius 1 is 1.40 bits per heavy atom. The molecule has 0 saturated heterocycles. The molecule has 1 heterocycles. The van der Waals surface area contributed by atoms with Gasteiger partial charge in [0.25, 0.3) is 0 Å². The van der Waals surface area contributed by atoms with Crippen molar-refractivity contribution in [2.45, 2.75) is 12.6 Å². The van der Waals surface area contributed by atoms with Crippen LogP contribution in [-0.4, -0.2) is 28.0 Å². The van der Waals surface area contributed by atoms with E-state index in [1.807, 2.05) is 29.8 Å². The summed E-state index contributed by atoms with van der Waals surface area (Å²) < 4.78 is 28.7. The van der Waals surface area contributed by atoms with Crippen LogP contribution in [0.25, 0.3) is 0 Å². The summed E-state index contributed by atoms with van der Waals surface area (Å²) in [6.45, 7) is 0.770. The molecule has 1 unspecified atom stereocenters. The van der Waals surface area contributed by atoms with Gasteiger partial charge in [-0.2, -0.15) is 0 Å². The highest BCUT2D eigenvalue weighted by Crippen LogP contribution is 2.23. The van der Waals surface area contributed by atoms with E-state index in [0.29, 0.717) is 12.1 Å². The van der Waals surface area contributed by atoms with Gasteiger partial charge in [-0.25, -0.2) is 13.8 Å². The first kappa shape index (κ1) is 14.6. The molecule has 0 aliphatic carbocycles. The van der Waals surface area contributed by atoms with Crippen LogP contribution in [-0.2, 0) is 13.6 Å². The van der Waals surface area contributed by atoms with Gasteiger partial charge < -0.3 is 10.3 Å². The molecule has 0 aliphatic rings. The molecule has 1 aromatic heterocycles. The topological polar surface area (TPSA) is 47.1 Å². The standard InChI is InChI=1S/C14H18F2N4/c1-19-6-5-18-14(19)9-20(2)13(8-17)11-4-3-10(15)7-12(11)16/h3-7,13H,8-9,17H2,1-2H3. The molecule has 0 spiro atoms. The van der Waals surface area contributed by atoms with Crippen molar-refractivity contribution in [1.29, 1.82) is 0 Å². The first-order valence-corrected chi connectivity index (χ1v) is 6.34. The van der Waals surface area contributed by atoms with Gasteiger partial charge >= 0.3 is 0 Å². The smallest absolute Gasteiger partial charge is 0.130 e. The molecule has 0 saturated carbocycles. The molecule has 0 aliphatic heterocycles. The Morgan fingerprint density at radius 3 is 2.70 bits per heavy atom. The van der Waals surface area contributed by atoms with Crippen molar-refractivity contribution < 1.29 is 8.78 Å². The number of hydrogen-bond acceptors (Lipinski definition) is 3. The second-order valence-electron chi connectivity index (χ2n) is 4.79. The van der Waals surface area contributed by atoms with Crippen molar-refractivity contribution in [1.82, 2.24) is 14.5 Å². The number of nitrogens with two attached hydrogens (primary N) is 1. The van der Waals surface area contributed by atoms with Crippen LogP contribution in [0.2, 0.25) is 0 Å². The van der Waals surface area contributed by atoms with Crippen LogP contribution >= 0.6 is 0 Å². The van der Waals surface area contributed by atoms with E-state index in [1.54, 1.807) is 6.20 Å². The van der Waals surface area contributed by atoms with Gasteiger partial charge in [0.15, 0.2) is 0 Å². The first-order valence-electron chi connectivity index (χ1n) is 6.34. The molecule has 1 atom stereocenters. The Morgan fingerprint density at radius 2 is 2.15 bits per heavy atom. The Bertz CT molecular complexity index is 582. The van der Waals surface area contributed by atoms with Crippen LogP contribution < -0.4 is 5.73 Å². The molecule has 6 heteroatoms. The van der Waals surface area contributed by atoms with E-state index in [1.165, 1.54) is 12.1 Å². The molecule has 2 N–H and O–H groups in total. The van der Waals surface area contributed by atoms with E-state index < -0.39 is 11.6 Å². The molecule has 0 fully saturated rings. The van der Waals surface area contributed by atoms with Crippen molar-refractivity contribution in [3.05, 3.63) is 53.6 Å². The van der Waals surface area contributed by atoms with Crippen molar-refractivity contribution in [3.8, 4) is 0 Å². The van der Waals surface area contributed by atoms with Crippen LogP contribution in [0.15, 0.2) is 30.6 Å². The Kier molecular flexibility index (Phi) is 4.46. The van der Waals surface area contributed by atoms with E-state index in [9.17, 15) is 8.78 Å². The summed E-state index contributed by atoms with van der Waals surface area (Å²) in [4.78, 5) is 6.13. The lowest BCUT2D eigenvalue weighted by atomic mass is 10.0. The van der Waals surface area contributed by atoms with Gasteiger partial charge in [0.2, 0.25) is 0 Å². The summed E-state index contributed by atoms with van der Waals surface area (Å²) in [5, 5.41) is 0. The third-order valence-corrected chi connectivity index (χ3v) is 3.39. The highest BCUT2D eigenvalue weighted by Gasteiger charge is 2.20. The fraction of sp³-hybridized carbons (Fsp3) is 0.357. The SMILES string of the molecule is CN(Cc1nccn1C)C(CN)c1ccc(F)cc1F. The number of rotatable bonds is 5. The zero-order valence-electron chi connectivity index (χ0n) is 11.6. The van der Waals surface area contributed by atoms with Crippen molar-refractivity contribution in [2.75, 3.05) is 13.6 Å². The average Bonchev–Trinajstić information content (AvgIpc) is 2.78. The third-order valence-electron chi connectivity index (χ3n) is 3.39. The largest absolute Gasteiger partial charge is 0.337 e. The lowest BCUT2D eigenvalue weighted by Crippen LogP contribution is -2.31. The van der Waals surface area contributed by atoms with Gasteiger partial charge in [-0.1, -0.05) is 6.07 Å². The second kappa shape index (κ2) is 6.11. The minimum Gasteiger partial charge on any atom is -0.337 e. The summed E-state index contributed by atoms with van der Waals surface area (Å²) >= 11 is 0. The summed E-state index contributed by atoms with van der Waals surface area (Å²) in [7, 11) is 3.74. The van der Waals surface area contributed by atoms with Crippen LogP contribution in [0.5, 0.6) is 0 Å². The van der Waals surface area contributed by atoms with E-state index >= 15 is 0 Å². The molecule has 4 nitrogen and oxygen atoms in total. The van der Waals surface area contributed by atoms with Gasteiger partial charge in [0, 0.05) is 37.6 Å². The number of hydrogen-bond donors (Lipinski definition) is 1. The van der Waals surface area contributed by atoms with Gasteiger partial charge in [-0.3, -0.25) is 4.90 Å². The third kappa shape index (κ3) is 3.02. The predicted octanol–water partition coefficient (Wildman–Crippen LogP) is 1.83. The lowest BCUT2D eigenvalue weighted by molar-refractivity contribution is 0.229. The zero-order valence-corrected chi connectivity index (χ0v) is 11.6. The van der Waals surface area contributed by atoms with Crippen molar-refractivity contribution in [3.63, 3.8) is 0 Å². The highest BCUT2D eigenvalue weighted by atomic mass is 19.1. The Labute approximate surface area is 116 Å². The van der Waals surface area contributed by atoms with E-state index in [-0.39, 0.29) is 12.6 Å². The molecule has 0 radical (unpaired) electrons. The van der Waals surface area contributed by atoms with E-state index in [4.69, 9.17) is 5.73 Å². The maximum absolute atomic E-state index is 13.9. The van der Waals surface area contributed by atoms with Gasteiger partial charge in [-0.15, -0.1) is 0 Å². The number of halogens is 2. The molecule has 2 rings (SSSR count). The Hall–Kier alpha value is -1.79. The average molecular weight is 280 g/mol. The number of aryl methyl sites for hydroxylation is 1. The van der Waals surface area contributed by atoms with Crippen molar-refractivity contribution >= 4 is 0 Å². The zero-order chi connectivity index (χ0) is 14.7. The first-order chi connectivity index (χ1) is 9.52. The van der Waals surface area contributed by atoms with E-state index in [2.05, 4.69) is 4.98 Å². The minimum atomic E-state index is -0.589. The van der Waals surface area contributed by atoms with Crippen LogP contribution in [0.1, 0.15) is 17.4 Å². The summed E-state index contributed by atoms with van der Waals surface area (Å²) in [6.07, 6.45) is 3.55. The maximum atomic E-state index is 13.9. The number of nitrogens with zero attached hydrogens (tertiary/aromatic N) is 3. The predicted molar refractivity (Wildman–Crippen MR) is 72.8 cm³/mol. The molecular weight excluding hydrogens is 262 g/mol. The highest BCUT2D eigenvalue weighted by molar-refractivity contribution is 5.22.